The van der Waals surface area contributed by atoms with Crippen LogP contribution in [0.15, 0.2) is 49.1 Å². The molecule has 0 aliphatic heterocycles. The number of nitrogens with one attached hydrogen (secondary N) is 1. The number of fused-ring (bicyclic) bond motifs is 1. The molecule has 0 aliphatic rings. The van der Waals surface area contributed by atoms with Gasteiger partial charge in [-0.15, -0.1) is 0 Å². The average molecular weight is 255 g/mol. The first-order valence-electron chi connectivity index (χ1n) is 6.27. The van der Waals surface area contributed by atoms with Crippen LogP contribution in [0.5, 0.6) is 0 Å². The summed E-state index contributed by atoms with van der Waals surface area (Å²) < 4.78 is 0. The molecule has 0 aliphatic carbocycles. The highest BCUT2D eigenvalue weighted by molar-refractivity contribution is 5.90. The number of benzene rings is 2. The molecule has 0 unspecified atom stereocenters. The van der Waals surface area contributed by atoms with Gasteiger partial charge in [0.05, 0.1) is 0 Å². The first-order chi connectivity index (χ1) is 9.26. The van der Waals surface area contributed by atoms with E-state index >= 15 is 0 Å². The Bertz CT molecular complexity index is 605. The zero-order valence-corrected chi connectivity index (χ0v) is 10.7. The first-order valence-corrected chi connectivity index (χ1v) is 6.27. The molecule has 2 N–H and O–H groups in total. The summed E-state index contributed by atoms with van der Waals surface area (Å²) >= 11 is 0. The van der Waals surface area contributed by atoms with Crippen LogP contribution in [0.2, 0.25) is 0 Å². The lowest BCUT2D eigenvalue weighted by molar-refractivity contribution is -0.116. The number of hydrogen-bond donors (Lipinski definition) is 2. The van der Waals surface area contributed by atoms with Gasteiger partial charge in [-0.25, -0.2) is 0 Å². The molecule has 3 heteroatoms. The van der Waals surface area contributed by atoms with Gasteiger partial charge in [0.1, 0.15) is 0 Å². The second-order valence-corrected chi connectivity index (χ2v) is 4.32. The first kappa shape index (κ1) is 13.3. The highest BCUT2D eigenvalue weighted by atomic mass is 16.2. The second-order valence-electron chi connectivity index (χ2n) is 4.32. The van der Waals surface area contributed by atoms with Gasteiger partial charge in [0.25, 0.3) is 0 Å². The van der Waals surface area contributed by atoms with E-state index in [1.165, 1.54) is 6.08 Å². The van der Waals surface area contributed by atoms with E-state index < -0.39 is 0 Å². The summed E-state index contributed by atoms with van der Waals surface area (Å²) in [5.74, 6) is -0.177. The molecule has 0 fully saturated rings. The SMILES string of the molecule is C=CC(=O)NCc1cccc2c(CCO)cccc12. The van der Waals surface area contributed by atoms with Crippen LogP contribution in [-0.4, -0.2) is 17.6 Å². The Morgan fingerprint density at radius 1 is 1.16 bits per heavy atom. The van der Waals surface area contributed by atoms with Crippen LogP contribution in [0.25, 0.3) is 10.8 Å². The van der Waals surface area contributed by atoms with Gasteiger partial charge in [0.2, 0.25) is 5.91 Å². The van der Waals surface area contributed by atoms with Gasteiger partial charge in [-0.1, -0.05) is 43.0 Å². The van der Waals surface area contributed by atoms with Gasteiger partial charge in [0, 0.05) is 13.2 Å². The third-order valence-corrected chi connectivity index (χ3v) is 3.12. The molecule has 3 nitrogen and oxygen atoms in total. The van der Waals surface area contributed by atoms with Gasteiger partial charge in [-0.2, -0.15) is 0 Å². The molecule has 0 heterocycles. The molecule has 19 heavy (non-hydrogen) atoms. The van der Waals surface area contributed by atoms with E-state index in [-0.39, 0.29) is 12.5 Å². The molecule has 2 aromatic rings. The van der Waals surface area contributed by atoms with Crippen LogP contribution < -0.4 is 5.32 Å². The number of aliphatic hydroxyl groups excluding tert-OH is 1. The van der Waals surface area contributed by atoms with E-state index in [0.717, 1.165) is 21.9 Å². The van der Waals surface area contributed by atoms with E-state index in [2.05, 4.69) is 11.9 Å². The molecule has 98 valence electrons. The standard InChI is InChI=1S/C16H17NO2/c1-2-16(19)17-11-13-6-4-7-14-12(9-10-18)5-3-8-15(13)14/h2-8,18H,1,9-11H2,(H,17,19). The minimum atomic E-state index is -0.177. The second kappa shape index (κ2) is 6.16. The highest BCUT2D eigenvalue weighted by Gasteiger charge is 2.05. The number of carbonyl (C=O) groups is 1. The van der Waals surface area contributed by atoms with Crippen LogP contribution in [0.1, 0.15) is 11.1 Å². The lowest BCUT2D eigenvalue weighted by atomic mass is 9.98. The van der Waals surface area contributed by atoms with Crippen molar-refractivity contribution in [1.82, 2.24) is 5.32 Å². The topological polar surface area (TPSA) is 49.3 Å². The van der Waals surface area contributed by atoms with Gasteiger partial charge in [-0.05, 0) is 34.4 Å². The largest absolute Gasteiger partial charge is 0.396 e. The van der Waals surface area contributed by atoms with Crippen molar-refractivity contribution >= 4 is 16.7 Å². The Hall–Kier alpha value is -2.13. The molecule has 0 saturated heterocycles. The van der Waals surface area contributed by atoms with Crippen LogP contribution in [0.4, 0.5) is 0 Å². The van der Waals surface area contributed by atoms with Crippen molar-refractivity contribution in [2.45, 2.75) is 13.0 Å². The fourth-order valence-electron chi connectivity index (χ4n) is 2.19. The minimum absolute atomic E-state index is 0.135. The Kier molecular flexibility index (Phi) is 4.31. The third kappa shape index (κ3) is 3.01. The van der Waals surface area contributed by atoms with E-state index in [1.54, 1.807) is 0 Å². The fraction of sp³-hybridized carbons (Fsp3) is 0.188. The quantitative estimate of drug-likeness (QED) is 0.804. The molecular formula is C16H17NO2. The molecule has 1 amide bonds. The van der Waals surface area contributed by atoms with Crippen molar-refractivity contribution < 1.29 is 9.90 Å². The Labute approximate surface area is 112 Å². The van der Waals surface area contributed by atoms with Crippen molar-refractivity contribution in [3.8, 4) is 0 Å². The van der Waals surface area contributed by atoms with Crippen molar-refractivity contribution in [3.05, 3.63) is 60.2 Å². The summed E-state index contributed by atoms with van der Waals surface area (Å²) in [6.45, 7) is 4.05. The van der Waals surface area contributed by atoms with Gasteiger partial charge in [-0.3, -0.25) is 4.79 Å². The van der Waals surface area contributed by atoms with Crippen molar-refractivity contribution in [2.24, 2.45) is 0 Å². The Morgan fingerprint density at radius 3 is 2.42 bits per heavy atom. The highest BCUT2D eigenvalue weighted by Crippen LogP contribution is 2.22. The number of aliphatic hydroxyl groups is 1. The van der Waals surface area contributed by atoms with E-state index in [9.17, 15) is 4.79 Å². The summed E-state index contributed by atoms with van der Waals surface area (Å²) in [7, 11) is 0. The zero-order chi connectivity index (χ0) is 13.7. The maximum absolute atomic E-state index is 11.2. The summed E-state index contributed by atoms with van der Waals surface area (Å²) in [5, 5.41) is 14.1. The molecule has 0 radical (unpaired) electrons. The average Bonchev–Trinajstić information content (AvgIpc) is 2.45. The lowest BCUT2D eigenvalue weighted by Crippen LogP contribution is -2.20. The van der Waals surface area contributed by atoms with Gasteiger partial charge >= 0.3 is 0 Å². The van der Waals surface area contributed by atoms with E-state index in [0.29, 0.717) is 13.0 Å². The molecular weight excluding hydrogens is 238 g/mol. The predicted octanol–water partition coefficient (Wildman–Crippen LogP) is 2.18. The number of amides is 1. The molecule has 2 aromatic carbocycles. The Morgan fingerprint density at radius 2 is 1.79 bits per heavy atom. The molecule has 0 atom stereocenters. The normalized spacial score (nSPS) is 10.4. The zero-order valence-electron chi connectivity index (χ0n) is 10.7. The van der Waals surface area contributed by atoms with Crippen molar-refractivity contribution in [3.63, 3.8) is 0 Å². The lowest BCUT2D eigenvalue weighted by Gasteiger charge is -2.10. The van der Waals surface area contributed by atoms with E-state index in [4.69, 9.17) is 5.11 Å². The summed E-state index contributed by atoms with van der Waals surface area (Å²) in [4.78, 5) is 11.2. The molecule has 0 saturated carbocycles. The minimum Gasteiger partial charge on any atom is -0.396 e. The summed E-state index contributed by atoms with van der Waals surface area (Å²) in [5.41, 5.74) is 2.18. The Balaban J connectivity index is 2.37. The molecule has 0 aromatic heterocycles. The van der Waals surface area contributed by atoms with Gasteiger partial charge in [0.15, 0.2) is 0 Å². The van der Waals surface area contributed by atoms with E-state index in [1.807, 2.05) is 36.4 Å². The molecule has 2 rings (SSSR count). The van der Waals surface area contributed by atoms with Crippen LogP contribution >= 0.6 is 0 Å². The monoisotopic (exact) mass is 255 g/mol. The maximum atomic E-state index is 11.2. The third-order valence-electron chi connectivity index (χ3n) is 3.12. The predicted molar refractivity (Wildman–Crippen MR) is 76.8 cm³/mol. The van der Waals surface area contributed by atoms with Crippen LogP contribution in [-0.2, 0) is 17.8 Å². The number of hydrogen-bond acceptors (Lipinski definition) is 2. The number of rotatable bonds is 5. The number of carbonyl (C=O) groups excluding carboxylic acids is 1. The summed E-state index contributed by atoms with van der Waals surface area (Å²) in [6.07, 6.45) is 1.90. The molecule has 0 bridgehead atoms. The molecule has 0 spiro atoms. The summed E-state index contributed by atoms with van der Waals surface area (Å²) in [6, 6.07) is 12.0. The van der Waals surface area contributed by atoms with Gasteiger partial charge < -0.3 is 10.4 Å². The van der Waals surface area contributed by atoms with Crippen LogP contribution in [0.3, 0.4) is 0 Å². The fourth-order valence-corrected chi connectivity index (χ4v) is 2.19. The van der Waals surface area contributed by atoms with Crippen molar-refractivity contribution in [1.29, 1.82) is 0 Å². The smallest absolute Gasteiger partial charge is 0.243 e. The van der Waals surface area contributed by atoms with Crippen LogP contribution in [0, 0.1) is 0 Å². The maximum Gasteiger partial charge on any atom is 0.243 e. The van der Waals surface area contributed by atoms with Crippen molar-refractivity contribution in [2.75, 3.05) is 6.61 Å².